The van der Waals surface area contributed by atoms with Gasteiger partial charge in [-0.25, -0.2) is 5.43 Å². The zero-order valence-corrected chi connectivity index (χ0v) is 11.4. The fourth-order valence-corrected chi connectivity index (χ4v) is 1.83. The molecule has 2 aromatic rings. The molecule has 102 valence electrons. The number of aryl methyl sites for hydroxylation is 1. The molecule has 0 saturated carbocycles. The molecule has 0 heterocycles. The lowest BCUT2D eigenvalue weighted by molar-refractivity contribution is 0.0954. The largest absolute Gasteiger partial charge is 0.507 e. The lowest BCUT2D eigenvalue weighted by Gasteiger charge is -2.05. The number of benzene rings is 2. The van der Waals surface area contributed by atoms with E-state index in [0.29, 0.717) is 16.8 Å². The van der Waals surface area contributed by atoms with E-state index in [0.717, 1.165) is 5.56 Å². The quantitative estimate of drug-likeness (QED) is 0.664. The molecule has 0 atom stereocenters. The van der Waals surface area contributed by atoms with Gasteiger partial charge in [0.2, 0.25) is 0 Å². The number of hydrogen-bond donors (Lipinski definition) is 2. The third-order valence-electron chi connectivity index (χ3n) is 2.90. The number of nitrogens with one attached hydrogen (secondary N) is 1. The van der Waals surface area contributed by atoms with Gasteiger partial charge in [-0.1, -0.05) is 29.8 Å². The van der Waals surface area contributed by atoms with Crippen molar-refractivity contribution in [1.29, 1.82) is 0 Å². The number of para-hydroxylation sites is 1. The summed E-state index contributed by atoms with van der Waals surface area (Å²) < 4.78 is 0. The monoisotopic (exact) mass is 268 g/mol. The first kappa shape index (κ1) is 13.8. The summed E-state index contributed by atoms with van der Waals surface area (Å²) in [7, 11) is 0. The number of carbonyl (C=O) groups is 1. The van der Waals surface area contributed by atoms with Gasteiger partial charge in [0.25, 0.3) is 5.91 Å². The first-order chi connectivity index (χ1) is 9.58. The molecule has 0 aliphatic heterocycles. The second-order valence-corrected chi connectivity index (χ2v) is 4.52. The average molecular weight is 268 g/mol. The summed E-state index contributed by atoms with van der Waals surface area (Å²) in [5.41, 5.74) is 5.20. The number of hydrogen-bond acceptors (Lipinski definition) is 3. The van der Waals surface area contributed by atoms with E-state index in [-0.39, 0.29) is 11.7 Å². The van der Waals surface area contributed by atoms with Crippen LogP contribution in [-0.2, 0) is 0 Å². The van der Waals surface area contributed by atoms with Crippen LogP contribution in [0.5, 0.6) is 5.75 Å². The number of aromatic hydroxyl groups is 1. The maximum Gasteiger partial charge on any atom is 0.271 e. The van der Waals surface area contributed by atoms with Crippen LogP contribution in [0.1, 0.15) is 28.4 Å². The van der Waals surface area contributed by atoms with E-state index in [2.05, 4.69) is 10.5 Å². The molecular weight excluding hydrogens is 252 g/mol. The van der Waals surface area contributed by atoms with Gasteiger partial charge in [-0.3, -0.25) is 4.79 Å². The minimum Gasteiger partial charge on any atom is -0.507 e. The maximum absolute atomic E-state index is 11.9. The molecule has 4 heteroatoms. The molecule has 0 aliphatic rings. The van der Waals surface area contributed by atoms with Crippen LogP contribution in [0.2, 0.25) is 0 Å². The Morgan fingerprint density at radius 1 is 1.15 bits per heavy atom. The molecule has 0 aliphatic carbocycles. The van der Waals surface area contributed by atoms with Crippen LogP contribution in [-0.4, -0.2) is 16.7 Å². The summed E-state index contributed by atoms with van der Waals surface area (Å²) in [6.45, 7) is 3.65. The van der Waals surface area contributed by atoms with Crippen LogP contribution < -0.4 is 5.43 Å². The molecule has 4 nitrogen and oxygen atoms in total. The fourth-order valence-electron chi connectivity index (χ4n) is 1.83. The van der Waals surface area contributed by atoms with Crippen molar-refractivity contribution in [2.24, 2.45) is 5.10 Å². The molecule has 0 unspecified atom stereocenters. The number of rotatable bonds is 3. The number of carbonyl (C=O) groups excluding carboxylic acids is 1. The zero-order valence-electron chi connectivity index (χ0n) is 11.4. The van der Waals surface area contributed by atoms with Crippen LogP contribution in [0.25, 0.3) is 0 Å². The van der Waals surface area contributed by atoms with Gasteiger partial charge in [-0.15, -0.1) is 0 Å². The highest BCUT2D eigenvalue weighted by molar-refractivity contribution is 6.02. The van der Waals surface area contributed by atoms with Gasteiger partial charge in [-0.05, 0) is 38.1 Å². The van der Waals surface area contributed by atoms with Crippen molar-refractivity contribution >= 4 is 11.6 Å². The second-order valence-electron chi connectivity index (χ2n) is 4.52. The van der Waals surface area contributed by atoms with Gasteiger partial charge >= 0.3 is 0 Å². The van der Waals surface area contributed by atoms with Gasteiger partial charge in [0, 0.05) is 11.1 Å². The van der Waals surface area contributed by atoms with Crippen LogP contribution in [0.3, 0.4) is 0 Å². The van der Waals surface area contributed by atoms with E-state index >= 15 is 0 Å². The molecule has 2 N–H and O–H groups in total. The molecule has 0 fully saturated rings. The molecule has 0 saturated heterocycles. The summed E-state index contributed by atoms with van der Waals surface area (Å²) in [4.78, 5) is 11.9. The Labute approximate surface area is 117 Å². The highest BCUT2D eigenvalue weighted by Gasteiger charge is 2.06. The molecule has 0 radical (unpaired) electrons. The van der Waals surface area contributed by atoms with Crippen molar-refractivity contribution in [3.8, 4) is 5.75 Å². The van der Waals surface area contributed by atoms with E-state index in [1.807, 2.05) is 19.1 Å². The molecule has 20 heavy (non-hydrogen) atoms. The molecular formula is C16H16N2O2. The van der Waals surface area contributed by atoms with Gasteiger partial charge in [0.15, 0.2) is 0 Å². The van der Waals surface area contributed by atoms with E-state index < -0.39 is 0 Å². The Hall–Kier alpha value is -2.62. The number of nitrogens with zero attached hydrogens (tertiary/aromatic N) is 1. The number of hydrazone groups is 1. The highest BCUT2D eigenvalue weighted by Crippen LogP contribution is 2.16. The minimum atomic E-state index is -0.275. The van der Waals surface area contributed by atoms with Crippen molar-refractivity contribution in [1.82, 2.24) is 5.43 Å². The summed E-state index contributed by atoms with van der Waals surface area (Å²) in [6.07, 6.45) is 0. The average Bonchev–Trinajstić information content (AvgIpc) is 2.45. The minimum absolute atomic E-state index is 0.138. The van der Waals surface area contributed by atoms with Gasteiger partial charge in [-0.2, -0.15) is 5.10 Å². The SMILES string of the molecule is C/C(=N/NC(=O)c1cccc(C)c1)c1ccccc1O. The highest BCUT2D eigenvalue weighted by atomic mass is 16.3. The standard InChI is InChI=1S/C16H16N2O2/c1-11-6-5-7-13(10-11)16(20)18-17-12(2)14-8-3-4-9-15(14)19/h3-10,19H,1-2H3,(H,18,20)/b17-12-. The summed E-state index contributed by atoms with van der Waals surface area (Å²) >= 11 is 0. The second kappa shape index (κ2) is 6.02. The van der Waals surface area contributed by atoms with E-state index in [9.17, 15) is 9.90 Å². The Morgan fingerprint density at radius 3 is 2.60 bits per heavy atom. The maximum atomic E-state index is 11.9. The number of phenols is 1. The Balaban J connectivity index is 2.13. The lowest BCUT2D eigenvalue weighted by atomic mass is 10.1. The van der Waals surface area contributed by atoms with E-state index in [4.69, 9.17) is 0 Å². The normalized spacial score (nSPS) is 11.2. The Kier molecular flexibility index (Phi) is 4.15. The van der Waals surface area contributed by atoms with Crippen molar-refractivity contribution in [2.75, 3.05) is 0 Å². The van der Waals surface area contributed by atoms with E-state index in [1.54, 1.807) is 43.3 Å². The van der Waals surface area contributed by atoms with Crippen molar-refractivity contribution in [3.05, 3.63) is 65.2 Å². The lowest BCUT2D eigenvalue weighted by Crippen LogP contribution is -2.19. The van der Waals surface area contributed by atoms with Crippen molar-refractivity contribution in [2.45, 2.75) is 13.8 Å². The van der Waals surface area contributed by atoms with Crippen LogP contribution >= 0.6 is 0 Å². The van der Waals surface area contributed by atoms with Crippen LogP contribution in [0, 0.1) is 6.92 Å². The first-order valence-corrected chi connectivity index (χ1v) is 6.27. The smallest absolute Gasteiger partial charge is 0.271 e. The third kappa shape index (κ3) is 3.23. The van der Waals surface area contributed by atoms with Crippen molar-refractivity contribution < 1.29 is 9.90 Å². The third-order valence-corrected chi connectivity index (χ3v) is 2.90. The molecule has 2 rings (SSSR count). The van der Waals surface area contributed by atoms with Crippen LogP contribution in [0.4, 0.5) is 0 Å². The topological polar surface area (TPSA) is 61.7 Å². The summed E-state index contributed by atoms with van der Waals surface area (Å²) in [5.74, 6) is -0.137. The summed E-state index contributed by atoms with van der Waals surface area (Å²) in [6, 6.07) is 14.1. The fraction of sp³-hybridized carbons (Fsp3) is 0.125. The number of amides is 1. The Bertz CT molecular complexity index is 663. The van der Waals surface area contributed by atoms with E-state index in [1.165, 1.54) is 0 Å². The van der Waals surface area contributed by atoms with Gasteiger partial charge < -0.3 is 5.11 Å². The molecule has 2 aromatic carbocycles. The van der Waals surface area contributed by atoms with Gasteiger partial charge in [0.1, 0.15) is 5.75 Å². The predicted molar refractivity (Wildman–Crippen MR) is 79.0 cm³/mol. The predicted octanol–water partition coefficient (Wildman–Crippen LogP) is 2.85. The van der Waals surface area contributed by atoms with Crippen LogP contribution in [0.15, 0.2) is 53.6 Å². The molecule has 0 spiro atoms. The van der Waals surface area contributed by atoms with Crippen molar-refractivity contribution in [3.63, 3.8) is 0 Å². The zero-order chi connectivity index (χ0) is 14.5. The molecule has 0 bridgehead atoms. The Morgan fingerprint density at radius 2 is 1.90 bits per heavy atom. The molecule has 1 amide bonds. The molecule has 0 aromatic heterocycles. The first-order valence-electron chi connectivity index (χ1n) is 6.27. The van der Waals surface area contributed by atoms with Gasteiger partial charge in [0.05, 0.1) is 5.71 Å². The summed E-state index contributed by atoms with van der Waals surface area (Å²) in [5, 5.41) is 13.7. The number of phenolic OH excluding ortho intramolecular Hbond substituents is 1.